The van der Waals surface area contributed by atoms with Gasteiger partial charge in [-0.15, -0.1) is 0 Å². The summed E-state index contributed by atoms with van der Waals surface area (Å²) in [6.07, 6.45) is 0.892. The Hall–Kier alpha value is -1.18. The lowest BCUT2D eigenvalue weighted by Gasteiger charge is -2.31. The smallest absolute Gasteiger partial charge is 0.240 e. The monoisotopic (exact) mass is 274 g/mol. The number of hydrogen-bond donors (Lipinski definition) is 3. The van der Waals surface area contributed by atoms with Crippen LogP contribution in [-0.4, -0.2) is 26.2 Å². The molecular formula is C11H15FN2O3S. The van der Waals surface area contributed by atoms with E-state index in [0.717, 1.165) is 12.1 Å². The van der Waals surface area contributed by atoms with Crippen molar-refractivity contribution >= 4 is 15.7 Å². The summed E-state index contributed by atoms with van der Waals surface area (Å²) in [5.74, 6) is -0.483. The van der Waals surface area contributed by atoms with Gasteiger partial charge in [0.05, 0.1) is 16.7 Å². The lowest BCUT2D eigenvalue weighted by molar-refractivity contribution is 0.0453. The summed E-state index contributed by atoms with van der Waals surface area (Å²) in [5.41, 5.74) is 5.13. The second-order valence-electron chi connectivity index (χ2n) is 4.53. The van der Waals surface area contributed by atoms with E-state index in [-0.39, 0.29) is 29.1 Å². The molecule has 0 aliphatic heterocycles. The number of nitrogens with one attached hydrogen (secondary N) is 1. The Morgan fingerprint density at radius 3 is 2.67 bits per heavy atom. The molecule has 0 atom stereocenters. The van der Waals surface area contributed by atoms with Crippen molar-refractivity contribution in [3.8, 4) is 0 Å². The van der Waals surface area contributed by atoms with E-state index in [0.29, 0.717) is 12.8 Å². The first-order valence-electron chi connectivity index (χ1n) is 5.61. The summed E-state index contributed by atoms with van der Waals surface area (Å²) in [6.45, 7) is 0.274. The van der Waals surface area contributed by atoms with Crippen LogP contribution in [0.4, 0.5) is 10.1 Å². The fourth-order valence-corrected chi connectivity index (χ4v) is 3.02. The van der Waals surface area contributed by atoms with Gasteiger partial charge in [0.25, 0.3) is 0 Å². The molecule has 1 aliphatic rings. The van der Waals surface area contributed by atoms with E-state index in [4.69, 9.17) is 10.8 Å². The van der Waals surface area contributed by atoms with Crippen LogP contribution in [0.15, 0.2) is 23.1 Å². The van der Waals surface area contributed by atoms with Gasteiger partial charge in [0.2, 0.25) is 10.0 Å². The zero-order valence-corrected chi connectivity index (χ0v) is 10.5. The standard InChI is InChI=1S/C11H15FN2O3S/c12-10-2-1-9(5-11(10)13)18(16,17)14-6-7-3-8(15)4-7/h1-2,5,7-8,14-15H,3-4,6,13H2. The van der Waals surface area contributed by atoms with Gasteiger partial charge in [0.1, 0.15) is 5.82 Å². The lowest BCUT2D eigenvalue weighted by Crippen LogP contribution is -2.38. The topological polar surface area (TPSA) is 92.4 Å². The van der Waals surface area contributed by atoms with Gasteiger partial charge >= 0.3 is 0 Å². The van der Waals surface area contributed by atoms with Gasteiger partial charge in [-0.1, -0.05) is 0 Å². The van der Waals surface area contributed by atoms with Crippen LogP contribution in [0.25, 0.3) is 0 Å². The molecule has 5 nitrogen and oxygen atoms in total. The second kappa shape index (κ2) is 4.83. The van der Waals surface area contributed by atoms with Crippen molar-refractivity contribution < 1.29 is 17.9 Å². The number of hydrogen-bond acceptors (Lipinski definition) is 4. The highest BCUT2D eigenvalue weighted by atomic mass is 32.2. The van der Waals surface area contributed by atoms with Crippen LogP contribution < -0.4 is 10.5 Å². The highest BCUT2D eigenvalue weighted by Gasteiger charge is 2.28. The van der Waals surface area contributed by atoms with E-state index in [1.54, 1.807) is 0 Å². The number of halogens is 1. The molecule has 1 aromatic carbocycles. The molecule has 1 saturated carbocycles. The highest BCUT2D eigenvalue weighted by molar-refractivity contribution is 7.89. The third kappa shape index (κ3) is 2.80. The van der Waals surface area contributed by atoms with Crippen LogP contribution in [-0.2, 0) is 10.0 Å². The molecule has 2 rings (SSSR count). The summed E-state index contributed by atoms with van der Waals surface area (Å²) in [6, 6.07) is 3.29. The summed E-state index contributed by atoms with van der Waals surface area (Å²) in [5, 5.41) is 9.10. The molecule has 0 amide bonds. The molecule has 0 aromatic heterocycles. The van der Waals surface area contributed by atoms with Gasteiger partial charge in [-0.2, -0.15) is 0 Å². The maximum absolute atomic E-state index is 12.9. The molecule has 1 fully saturated rings. The first-order valence-corrected chi connectivity index (χ1v) is 7.09. The van der Waals surface area contributed by atoms with Crippen LogP contribution in [0.5, 0.6) is 0 Å². The van der Waals surface area contributed by atoms with Crippen LogP contribution in [0.1, 0.15) is 12.8 Å². The summed E-state index contributed by atoms with van der Waals surface area (Å²) in [7, 11) is -3.67. The average Bonchev–Trinajstić information content (AvgIpc) is 2.26. The minimum absolute atomic E-state index is 0.0544. The number of aliphatic hydroxyl groups excluding tert-OH is 1. The van der Waals surface area contributed by atoms with Gasteiger partial charge in [-0.25, -0.2) is 17.5 Å². The maximum Gasteiger partial charge on any atom is 0.240 e. The minimum Gasteiger partial charge on any atom is -0.396 e. The van der Waals surface area contributed by atoms with Crippen molar-refractivity contribution in [2.45, 2.75) is 23.8 Å². The SMILES string of the molecule is Nc1cc(S(=O)(=O)NCC2CC(O)C2)ccc1F. The molecule has 0 spiro atoms. The fourth-order valence-electron chi connectivity index (χ4n) is 1.87. The van der Waals surface area contributed by atoms with E-state index in [9.17, 15) is 12.8 Å². The van der Waals surface area contributed by atoms with Crippen LogP contribution in [0.3, 0.4) is 0 Å². The van der Waals surface area contributed by atoms with Crippen molar-refractivity contribution in [2.24, 2.45) is 5.92 Å². The predicted molar refractivity (Wildman–Crippen MR) is 64.7 cm³/mol. The molecule has 0 heterocycles. The number of nitrogen functional groups attached to an aromatic ring is 1. The van der Waals surface area contributed by atoms with Crippen molar-refractivity contribution in [3.63, 3.8) is 0 Å². The van der Waals surface area contributed by atoms with Crippen LogP contribution in [0.2, 0.25) is 0 Å². The maximum atomic E-state index is 12.9. The van der Waals surface area contributed by atoms with Gasteiger partial charge in [-0.3, -0.25) is 0 Å². The van der Waals surface area contributed by atoms with Crippen LogP contribution in [0, 0.1) is 11.7 Å². The van der Waals surface area contributed by atoms with E-state index in [1.807, 2.05) is 0 Å². The predicted octanol–water partition coefficient (Wildman–Crippen LogP) is 0.457. The molecule has 1 aromatic rings. The summed E-state index contributed by atoms with van der Waals surface area (Å²) >= 11 is 0. The molecule has 0 unspecified atom stereocenters. The Balaban J connectivity index is 2.03. The molecule has 4 N–H and O–H groups in total. The van der Waals surface area contributed by atoms with Crippen molar-refractivity contribution in [2.75, 3.05) is 12.3 Å². The number of nitrogens with two attached hydrogens (primary N) is 1. The quantitative estimate of drug-likeness (QED) is 0.695. The highest BCUT2D eigenvalue weighted by Crippen LogP contribution is 2.26. The van der Waals surface area contributed by atoms with Gasteiger partial charge < -0.3 is 10.8 Å². The van der Waals surface area contributed by atoms with Gasteiger partial charge in [0.15, 0.2) is 0 Å². The van der Waals surface area contributed by atoms with Gasteiger partial charge in [-0.05, 0) is 37.0 Å². The fraction of sp³-hybridized carbons (Fsp3) is 0.455. The van der Waals surface area contributed by atoms with E-state index >= 15 is 0 Å². The Labute approximate surface area is 105 Å². The molecule has 18 heavy (non-hydrogen) atoms. The normalized spacial score (nSPS) is 23.7. The summed E-state index contributed by atoms with van der Waals surface area (Å²) in [4.78, 5) is -0.0544. The third-order valence-electron chi connectivity index (χ3n) is 3.05. The first kappa shape index (κ1) is 13.3. The number of sulfonamides is 1. The molecule has 7 heteroatoms. The molecular weight excluding hydrogens is 259 g/mol. The molecule has 100 valence electrons. The van der Waals surface area contributed by atoms with E-state index in [1.165, 1.54) is 6.07 Å². The molecule has 0 saturated heterocycles. The number of rotatable bonds is 4. The van der Waals surface area contributed by atoms with Crippen LogP contribution >= 0.6 is 0 Å². The minimum atomic E-state index is -3.67. The Morgan fingerprint density at radius 2 is 2.11 bits per heavy atom. The second-order valence-corrected chi connectivity index (χ2v) is 6.29. The van der Waals surface area contributed by atoms with Crippen molar-refractivity contribution in [1.29, 1.82) is 0 Å². The average molecular weight is 274 g/mol. The summed E-state index contributed by atoms with van der Waals surface area (Å²) < 4.78 is 39.1. The Kier molecular flexibility index (Phi) is 3.56. The largest absolute Gasteiger partial charge is 0.396 e. The zero-order valence-electron chi connectivity index (χ0n) is 9.64. The Bertz CT molecular complexity index is 541. The van der Waals surface area contributed by atoms with Crippen molar-refractivity contribution in [3.05, 3.63) is 24.0 Å². The Morgan fingerprint density at radius 1 is 1.44 bits per heavy atom. The molecule has 0 bridgehead atoms. The van der Waals surface area contributed by atoms with Crippen molar-refractivity contribution in [1.82, 2.24) is 4.72 Å². The van der Waals surface area contributed by atoms with E-state index < -0.39 is 15.8 Å². The molecule has 0 radical (unpaired) electrons. The van der Waals surface area contributed by atoms with E-state index in [2.05, 4.69) is 4.72 Å². The number of aliphatic hydroxyl groups is 1. The van der Waals surface area contributed by atoms with Gasteiger partial charge in [0, 0.05) is 6.54 Å². The molecule has 1 aliphatic carbocycles. The zero-order chi connectivity index (χ0) is 13.3. The third-order valence-corrected chi connectivity index (χ3v) is 4.47. The first-order chi connectivity index (χ1) is 8.38. The number of anilines is 1. The lowest BCUT2D eigenvalue weighted by atomic mass is 9.83. The number of benzene rings is 1.